The minimum absolute atomic E-state index is 0. The van der Waals surface area contributed by atoms with Gasteiger partial charge in [0.05, 0.1) is 0 Å². The van der Waals surface area contributed by atoms with Gasteiger partial charge in [-0.2, -0.15) is 0 Å². The summed E-state index contributed by atoms with van der Waals surface area (Å²) in [4.78, 5) is 2.61. The molecule has 0 bridgehead atoms. The standard InChI is InChI=1S/C18H29N.ClH/c1-14(2)9-12-19(5)18(10-6-11-18)17-8-7-15(3)16(4)13-17;/h7-8,13-14H,6,9-12H2,1-5H3;1H. The first kappa shape index (κ1) is 17.5. The molecule has 0 unspecified atom stereocenters. The molecule has 0 N–H and O–H groups in total. The lowest BCUT2D eigenvalue weighted by Crippen LogP contribution is -2.49. The van der Waals surface area contributed by atoms with Crippen molar-refractivity contribution in [2.45, 2.75) is 58.9 Å². The Morgan fingerprint density at radius 1 is 1.15 bits per heavy atom. The third-order valence-electron chi connectivity index (χ3n) is 5.00. The van der Waals surface area contributed by atoms with Gasteiger partial charge in [0, 0.05) is 5.54 Å². The van der Waals surface area contributed by atoms with Gasteiger partial charge in [-0.3, -0.25) is 4.90 Å². The van der Waals surface area contributed by atoms with Gasteiger partial charge in [-0.1, -0.05) is 32.0 Å². The summed E-state index contributed by atoms with van der Waals surface area (Å²) in [7, 11) is 2.32. The molecule has 1 aromatic carbocycles. The molecule has 0 aliphatic heterocycles. The highest BCUT2D eigenvalue weighted by atomic mass is 35.5. The number of aryl methyl sites for hydroxylation is 2. The molecule has 20 heavy (non-hydrogen) atoms. The fourth-order valence-corrected chi connectivity index (χ4v) is 3.10. The zero-order valence-electron chi connectivity index (χ0n) is 13.7. The molecule has 1 fully saturated rings. The number of hydrogen-bond acceptors (Lipinski definition) is 1. The predicted octanol–water partition coefficient (Wildman–Crippen LogP) is 5.08. The van der Waals surface area contributed by atoms with Gasteiger partial charge in [0.15, 0.2) is 0 Å². The number of hydrogen-bond donors (Lipinski definition) is 0. The third-order valence-corrected chi connectivity index (χ3v) is 5.00. The van der Waals surface area contributed by atoms with Crippen molar-refractivity contribution >= 4 is 12.4 Å². The summed E-state index contributed by atoms with van der Waals surface area (Å²) in [5.41, 5.74) is 4.70. The van der Waals surface area contributed by atoms with Crippen molar-refractivity contribution in [2.75, 3.05) is 13.6 Å². The quantitative estimate of drug-likeness (QED) is 0.732. The van der Waals surface area contributed by atoms with E-state index in [9.17, 15) is 0 Å². The summed E-state index contributed by atoms with van der Waals surface area (Å²) in [6, 6.07) is 7.06. The second-order valence-electron chi connectivity index (χ2n) is 6.79. The van der Waals surface area contributed by atoms with Crippen molar-refractivity contribution in [3.8, 4) is 0 Å². The molecule has 0 amide bonds. The molecular formula is C18H30ClN. The molecule has 0 radical (unpaired) electrons. The minimum atomic E-state index is 0. The lowest BCUT2D eigenvalue weighted by atomic mass is 9.70. The van der Waals surface area contributed by atoms with Crippen LogP contribution in [0.25, 0.3) is 0 Å². The summed E-state index contributed by atoms with van der Waals surface area (Å²) >= 11 is 0. The van der Waals surface area contributed by atoms with Crippen molar-refractivity contribution in [1.29, 1.82) is 0 Å². The van der Waals surface area contributed by atoms with Crippen LogP contribution in [0.2, 0.25) is 0 Å². The number of benzene rings is 1. The SMILES string of the molecule is Cc1ccc(C2(N(C)CCC(C)C)CCC2)cc1C.Cl. The molecule has 114 valence electrons. The van der Waals surface area contributed by atoms with Crippen LogP contribution in [0.1, 0.15) is 56.2 Å². The largest absolute Gasteiger partial charge is 0.297 e. The highest BCUT2D eigenvalue weighted by Gasteiger charge is 2.42. The van der Waals surface area contributed by atoms with Gasteiger partial charge in [-0.25, -0.2) is 0 Å². The van der Waals surface area contributed by atoms with Crippen LogP contribution < -0.4 is 0 Å². The van der Waals surface area contributed by atoms with Gasteiger partial charge in [0.25, 0.3) is 0 Å². The van der Waals surface area contributed by atoms with Crippen LogP contribution in [0.15, 0.2) is 18.2 Å². The van der Waals surface area contributed by atoms with E-state index in [1.165, 1.54) is 48.9 Å². The van der Waals surface area contributed by atoms with Gasteiger partial charge in [0.1, 0.15) is 0 Å². The molecule has 0 saturated heterocycles. The first-order valence-corrected chi connectivity index (χ1v) is 7.75. The van der Waals surface area contributed by atoms with E-state index in [0.29, 0.717) is 5.54 Å². The highest BCUT2D eigenvalue weighted by molar-refractivity contribution is 5.85. The van der Waals surface area contributed by atoms with Crippen molar-refractivity contribution in [1.82, 2.24) is 4.90 Å². The summed E-state index contributed by atoms with van der Waals surface area (Å²) in [5.74, 6) is 0.791. The van der Waals surface area contributed by atoms with Crippen LogP contribution in [0.5, 0.6) is 0 Å². The second-order valence-corrected chi connectivity index (χ2v) is 6.79. The maximum atomic E-state index is 2.61. The molecule has 1 aliphatic carbocycles. The molecule has 1 aliphatic rings. The summed E-state index contributed by atoms with van der Waals surface area (Å²) in [5, 5.41) is 0. The first-order valence-electron chi connectivity index (χ1n) is 7.75. The van der Waals surface area contributed by atoms with Crippen molar-refractivity contribution < 1.29 is 0 Å². The van der Waals surface area contributed by atoms with E-state index >= 15 is 0 Å². The molecule has 0 heterocycles. The Balaban J connectivity index is 0.00000200. The van der Waals surface area contributed by atoms with E-state index in [4.69, 9.17) is 0 Å². The maximum absolute atomic E-state index is 2.61. The van der Waals surface area contributed by atoms with E-state index in [2.05, 4.69) is 57.8 Å². The Labute approximate surface area is 131 Å². The molecule has 0 atom stereocenters. The van der Waals surface area contributed by atoms with E-state index < -0.39 is 0 Å². The van der Waals surface area contributed by atoms with Gasteiger partial charge >= 0.3 is 0 Å². The van der Waals surface area contributed by atoms with E-state index in [-0.39, 0.29) is 12.4 Å². The number of halogens is 1. The Bertz CT molecular complexity index is 435. The third kappa shape index (κ3) is 3.38. The minimum Gasteiger partial charge on any atom is -0.297 e. The fraction of sp³-hybridized carbons (Fsp3) is 0.667. The number of nitrogens with zero attached hydrogens (tertiary/aromatic N) is 1. The normalized spacial score (nSPS) is 16.9. The molecular weight excluding hydrogens is 266 g/mol. The van der Waals surface area contributed by atoms with Crippen LogP contribution in [0, 0.1) is 19.8 Å². The summed E-state index contributed by atoms with van der Waals surface area (Å²) < 4.78 is 0. The monoisotopic (exact) mass is 295 g/mol. The number of rotatable bonds is 5. The predicted molar refractivity (Wildman–Crippen MR) is 90.8 cm³/mol. The van der Waals surface area contributed by atoms with E-state index in [1.807, 2.05) is 0 Å². The van der Waals surface area contributed by atoms with Crippen molar-refractivity contribution in [3.05, 3.63) is 34.9 Å². The van der Waals surface area contributed by atoms with E-state index in [0.717, 1.165) is 5.92 Å². The summed E-state index contributed by atoms with van der Waals surface area (Å²) in [6.45, 7) is 10.3. The van der Waals surface area contributed by atoms with Gasteiger partial charge in [-0.15, -0.1) is 12.4 Å². The Kier molecular flexibility index (Phi) is 6.09. The molecule has 1 aromatic rings. The Morgan fingerprint density at radius 3 is 2.25 bits per heavy atom. The maximum Gasteiger partial charge on any atom is 0.0457 e. The molecule has 2 rings (SSSR count). The van der Waals surface area contributed by atoms with Crippen molar-refractivity contribution in [3.63, 3.8) is 0 Å². The van der Waals surface area contributed by atoms with Gasteiger partial charge < -0.3 is 0 Å². The Morgan fingerprint density at radius 2 is 1.80 bits per heavy atom. The topological polar surface area (TPSA) is 3.24 Å². The van der Waals surface area contributed by atoms with Gasteiger partial charge in [0.2, 0.25) is 0 Å². The van der Waals surface area contributed by atoms with Crippen LogP contribution in [0.4, 0.5) is 0 Å². The fourth-order valence-electron chi connectivity index (χ4n) is 3.10. The highest BCUT2D eigenvalue weighted by Crippen LogP contribution is 2.46. The van der Waals surface area contributed by atoms with Crippen LogP contribution in [-0.4, -0.2) is 18.5 Å². The lowest BCUT2D eigenvalue weighted by Gasteiger charge is -2.50. The van der Waals surface area contributed by atoms with Crippen LogP contribution in [0.3, 0.4) is 0 Å². The van der Waals surface area contributed by atoms with Crippen LogP contribution in [-0.2, 0) is 5.54 Å². The smallest absolute Gasteiger partial charge is 0.0457 e. The molecule has 1 nitrogen and oxygen atoms in total. The molecule has 0 spiro atoms. The zero-order valence-corrected chi connectivity index (χ0v) is 14.5. The molecule has 2 heteroatoms. The van der Waals surface area contributed by atoms with E-state index in [1.54, 1.807) is 0 Å². The molecule has 1 saturated carbocycles. The van der Waals surface area contributed by atoms with Crippen LogP contribution >= 0.6 is 12.4 Å². The summed E-state index contributed by atoms with van der Waals surface area (Å²) in [6.07, 6.45) is 5.32. The average molecular weight is 296 g/mol. The van der Waals surface area contributed by atoms with Gasteiger partial charge in [-0.05, 0) is 75.7 Å². The average Bonchev–Trinajstić information content (AvgIpc) is 2.29. The zero-order chi connectivity index (χ0) is 14.0. The lowest BCUT2D eigenvalue weighted by molar-refractivity contribution is 0.0311. The Hall–Kier alpha value is -0.530. The van der Waals surface area contributed by atoms with Crippen molar-refractivity contribution in [2.24, 2.45) is 5.92 Å². The molecule has 0 aromatic heterocycles. The second kappa shape index (κ2) is 6.95. The first-order chi connectivity index (χ1) is 8.95.